The van der Waals surface area contributed by atoms with Gasteiger partial charge in [0, 0.05) is 6.04 Å². The van der Waals surface area contributed by atoms with Gasteiger partial charge < -0.3 is 9.47 Å². The van der Waals surface area contributed by atoms with Crippen molar-refractivity contribution in [2.45, 2.75) is 63.1 Å². The summed E-state index contributed by atoms with van der Waals surface area (Å²) in [6.07, 6.45) is 8.77. The molecule has 2 aliphatic carbocycles. The van der Waals surface area contributed by atoms with E-state index in [0.717, 1.165) is 25.7 Å². The Morgan fingerprint density at radius 2 is 1.94 bits per heavy atom. The summed E-state index contributed by atoms with van der Waals surface area (Å²) in [5.41, 5.74) is 0. The number of hydrogen-bond acceptors (Lipinski definition) is 4. The molecule has 1 unspecified atom stereocenters. The van der Waals surface area contributed by atoms with E-state index in [4.69, 9.17) is 9.47 Å². The zero-order chi connectivity index (χ0) is 12.1. The minimum atomic E-state index is -0.283. The number of rotatable bonds is 6. The van der Waals surface area contributed by atoms with Gasteiger partial charge in [0.05, 0.1) is 19.8 Å². The molecule has 0 aliphatic heterocycles. The zero-order valence-corrected chi connectivity index (χ0v) is 10.6. The summed E-state index contributed by atoms with van der Waals surface area (Å²) < 4.78 is 10.6. The molecule has 0 bridgehead atoms. The second-order valence-electron chi connectivity index (χ2n) is 5.11. The van der Waals surface area contributed by atoms with E-state index < -0.39 is 0 Å². The number of nitrogens with one attached hydrogen (secondary N) is 1. The van der Waals surface area contributed by atoms with Gasteiger partial charge in [-0.15, -0.1) is 0 Å². The molecule has 1 atom stereocenters. The first kappa shape index (κ1) is 12.8. The van der Waals surface area contributed by atoms with Gasteiger partial charge >= 0.3 is 5.97 Å². The van der Waals surface area contributed by atoms with Crippen molar-refractivity contribution in [1.29, 1.82) is 0 Å². The van der Waals surface area contributed by atoms with Crippen LogP contribution in [0.3, 0.4) is 0 Å². The van der Waals surface area contributed by atoms with Crippen LogP contribution in [0.1, 0.15) is 44.9 Å². The fourth-order valence-corrected chi connectivity index (χ4v) is 2.33. The molecule has 1 N–H and O–H groups in total. The zero-order valence-electron chi connectivity index (χ0n) is 10.6. The lowest BCUT2D eigenvalue weighted by atomic mass is 9.98. The number of methoxy groups -OCH3 is 1. The molecule has 4 nitrogen and oxygen atoms in total. The van der Waals surface area contributed by atoms with Gasteiger partial charge in [0.15, 0.2) is 0 Å². The second-order valence-corrected chi connectivity index (χ2v) is 5.11. The van der Waals surface area contributed by atoms with Crippen molar-refractivity contribution in [3.05, 3.63) is 0 Å². The maximum absolute atomic E-state index is 11.6. The molecule has 2 saturated carbocycles. The van der Waals surface area contributed by atoms with Crippen molar-refractivity contribution < 1.29 is 14.3 Å². The number of esters is 1. The van der Waals surface area contributed by atoms with Crippen LogP contribution < -0.4 is 5.32 Å². The van der Waals surface area contributed by atoms with Gasteiger partial charge in [-0.1, -0.05) is 19.3 Å². The molecule has 2 fully saturated rings. The standard InChI is InChI=1S/C13H23NO3/c1-16-13(15)12(14-10-7-8-10)9-17-11-5-3-2-4-6-11/h10-12,14H,2-9H2,1H3. The van der Waals surface area contributed by atoms with Gasteiger partial charge in [0.1, 0.15) is 6.04 Å². The van der Waals surface area contributed by atoms with Crippen molar-refractivity contribution in [3.8, 4) is 0 Å². The third-order valence-electron chi connectivity index (χ3n) is 3.55. The summed E-state index contributed by atoms with van der Waals surface area (Å²) in [7, 11) is 1.44. The maximum atomic E-state index is 11.6. The Kier molecular flexibility index (Phi) is 4.80. The molecule has 2 rings (SSSR count). The van der Waals surface area contributed by atoms with Gasteiger partial charge in [-0.05, 0) is 25.7 Å². The number of carbonyl (C=O) groups is 1. The maximum Gasteiger partial charge on any atom is 0.325 e. The minimum Gasteiger partial charge on any atom is -0.468 e. The van der Waals surface area contributed by atoms with Crippen molar-refractivity contribution in [1.82, 2.24) is 5.32 Å². The SMILES string of the molecule is COC(=O)C(COC1CCCCC1)NC1CC1. The predicted molar refractivity (Wildman–Crippen MR) is 64.8 cm³/mol. The lowest BCUT2D eigenvalue weighted by Gasteiger charge is -2.24. The first-order valence-electron chi connectivity index (χ1n) is 6.75. The van der Waals surface area contributed by atoms with Crippen LogP contribution >= 0.6 is 0 Å². The molecule has 2 aliphatic rings. The average molecular weight is 241 g/mol. The van der Waals surface area contributed by atoms with Gasteiger partial charge in [-0.3, -0.25) is 10.1 Å². The molecule has 0 spiro atoms. The van der Waals surface area contributed by atoms with Crippen molar-refractivity contribution in [3.63, 3.8) is 0 Å². The summed E-state index contributed by atoms with van der Waals surface area (Å²) in [5, 5.41) is 3.28. The monoisotopic (exact) mass is 241 g/mol. The lowest BCUT2D eigenvalue weighted by molar-refractivity contribution is -0.145. The third kappa shape index (κ3) is 4.28. The second kappa shape index (κ2) is 6.36. The highest BCUT2D eigenvalue weighted by molar-refractivity contribution is 5.75. The number of hydrogen-bond donors (Lipinski definition) is 1. The fraction of sp³-hybridized carbons (Fsp3) is 0.923. The highest BCUT2D eigenvalue weighted by atomic mass is 16.5. The van der Waals surface area contributed by atoms with Crippen LogP contribution in [0.4, 0.5) is 0 Å². The smallest absolute Gasteiger partial charge is 0.325 e. The van der Waals surface area contributed by atoms with E-state index in [1.165, 1.54) is 26.4 Å². The molecule has 0 saturated heterocycles. The normalized spacial score (nSPS) is 23.4. The molecular formula is C13H23NO3. The Labute approximate surface area is 103 Å². The number of carbonyl (C=O) groups excluding carboxylic acids is 1. The van der Waals surface area contributed by atoms with Crippen LogP contribution in [-0.4, -0.2) is 37.9 Å². The number of ether oxygens (including phenoxy) is 2. The summed E-state index contributed by atoms with van der Waals surface area (Å²) in [6, 6.07) is 0.212. The highest BCUT2D eigenvalue weighted by Crippen LogP contribution is 2.22. The predicted octanol–water partition coefficient (Wildman–Crippen LogP) is 1.63. The van der Waals surface area contributed by atoms with Crippen molar-refractivity contribution >= 4 is 5.97 Å². The largest absolute Gasteiger partial charge is 0.468 e. The van der Waals surface area contributed by atoms with Crippen LogP contribution in [0.2, 0.25) is 0 Å². The molecule has 0 aromatic rings. The molecular weight excluding hydrogens is 218 g/mol. The van der Waals surface area contributed by atoms with Gasteiger partial charge in [-0.2, -0.15) is 0 Å². The molecule has 4 heteroatoms. The Morgan fingerprint density at radius 3 is 2.53 bits per heavy atom. The quantitative estimate of drug-likeness (QED) is 0.718. The first-order valence-corrected chi connectivity index (χ1v) is 6.75. The van der Waals surface area contributed by atoms with E-state index in [9.17, 15) is 4.79 Å². The molecule has 17 heavy (non-hydrogen) atoms. The van der Waals surface area contributed by atoms with E-state index in [-0.39, 0.29) is 12.0 Å². The molecule has 98 valence electrons. The Bertz CT molecular complexity index is 247. The van der Waals surface area contributed by atoms with E-state index >= 15 is 0 Å². The summed E-state index contributed by atoms with van der Waals surface area (Å²) in [5.74, 6) is -0.201. The molecule has 0 radical (unpaired) electrons. The topological polar surface area (TPSA) is 47.6 Å². The summed E-state index contributed by atoms with van der Waals surface area (Å²) in [4.78, 5) is 11.6. The van der Waals surface area contributed by atoms with Crippen LogP contribution in [0.15, 0.2) is 0 Å². The van der Waals surface area contributed by atoms with Gasteiger partial charge in [0.25, 0.3) is 0 Å². The summed E-state index contributed by atoms with van der Waals surface area (Å²) >= 11 is 0. The van der Waals surface area contributed by atoms with Gasteiger partial charge in [-0.25, -0.2) is 0 Å². The van der Waals surface area contributed by atoms with Gasteiger partial charge in [0.2, 0.25) is 0 Å². The summed E-state index contributed by atoms with van der Waals surface area (Å²) in [6.45, 7) is 0.452. The van der Waals surface area contributed by atoms with Crippen LogP contribution in [0.5, 0.6) is 0 Å². The Morgan fingerprint density at radius 1 is 1.24 bits per heavy atom. The Balaban J connectivity index is 1.72. The first-order chi connectivity index (χ1) is 8.29. The minimum absolute atomic E-state index is 0.201. The molecule has 0 aromatic carbocycles. The molecule has 0 heterocycles. The van der Waals surface area contributed by atoms with Crippen molar-refractivity contribution in [2.75, 3.05) is 13.7 Å². The lowest BCUT2D eigenvalue weighted by Crippen LogP contribution is -2.43. The molecule has 0 amide bonds. The molecule has 0 aromatic heterocycles. The fourth-order valence-electron chi connectivity index (χ4n) is 2.33. The third-order valence-corrected chi connectivity index (χ3v) is 3.55. The van der Waals surface area contributed by atoms with E-state index in [1.807, 2.05) is 0 Å². The van der Waals surface area contributed by atoms with Crippen LogP contribution in [-0.2, 0) is 14.3 Å². The van der Waals surface area contributed by atoms with Crippen molar-refractivity contribution in [2.24, 2.45) is 0 Å². The van der Waals surface area contributed by atoms with E-state index in [1.54, 1.807) is 0 Å². The van der Waals surface area contributed by atoms with Crippen LogP contribution in [0.25, 0.3) is 0 Å². The van der Waals surface area contributed by atoms with Crippen LogP contribution in [0, 0.1) is 0 Å². The van der Waals surface area contributed by atoms with E-state index in [0.29, 0.717) is 18.8 Å². The van der Waals surface area contributed by atoms with E-state index in [2.05, 4.69) is 5.32 Å². The Hall–Kier alpha value is -0.610. The highest BCUT2D eigenvalue weighted by Gasteiger charge is 2.29. The average Bonchev–Trinajstić information content (AvgIpc) is 3.18.